The molecule has 2 saturated heterocycles. The summed E-state index contributed by atoms with van der Waals surface area (Å²) in [6.07, 6.45) is 6.49. The molecule has 0 atom stereocenters. The first-order chi connectivity index (χ1) is 13.3. The van der Waals surface area contributed by atoms with E-state index in [1.807, 2.05) is 12.1 Å². The van der Waals surface area contributed by atoms with Gasteiger partial charge in [-0.2, -0.15) is 5.26 Å². The summed E-state index contributed by atoms with van der Waals surface area (Å²) in [6.45, 7) is 5.24. The summed E-state index contributed by atoms with van der Waals surface area (Å²) in [5, 5.41) is 8.87. The van der Waals surface area contributed by atoms with Crippen LogP contribution in [0.3, 0.4) is 0 Å². The first kappa shape index (κ1) is 20.3. The standard InChI is InChI=1S/C22H31NO4/c1-2-3-4-5-18-13-24-21(25-14-18)11-8-19-15-26-22(27-16-19)20-9-6-17(12-23)7-10-20/h6-7,9-10,18-19,21-22H,2-5,8,11,13-16H2,1H3. The third kappa shape index (κ3) is 6.29. The smallest absolute Gasteiger partial charge is 0.183 e. The van der Waals surface area contributed by atoms with Crippen molar-refractivity contribution < 1.29 is 18.9 Å². The third-order valence-corrected chi connectivity index (χ3v) is 5.34. The van der Waals surface area contributed by atoms with Gasteiger partial charge in [0.15, 0.2) is 12.6 Å². The molecule has 0 aliphatic carbocycles. The molecule has 0 amide bonds. The molecular formula is C22H31NO4. The zero-order valence-electron chi connectivity index (χ0n) is 16.3. The molecule has 0 unspecified atom stereocenters. The maximum atomic E-state index is 8.87. The van der Waals surface area contributed by atoms with Crippen LogP contribution in [0.25, 0.3) is 0 Å². The van der Waals surface area contributed by atoms with Crippen LogP contribution in [-0.2, 0) is 18.9 Å². The van der Waals surface area contributed by atoms with Gasteiger partial charge in [-0.15, -0.1) is 0 Å². The Balaban J connectivity index is 1.31. The predicted octanol–water partition coefficient (Wildman–Crippen LogP) is 4.57. The molecule has 2 fully saturated rings. The summed E-state index contributed by atoms with van der Waals surface area (Å²) in [5.74, 6) is 0.927. The Morgan fingerprint density at radius 2 is 1.48 bits per heavy atom. The average molecular weight is 373 g/mol. The van der Waals surface area contributed by atoms with Crippen molar-refractivity contribution in [2.45, 2.75) is 58.0 Å². The number of nitrogens with zero attached hydrogens (tertiary/aromatic N) is 1. The van der Waals surface area contributed by atoms with Gasteiger partial charge in [-0.25, -0.2) is 0 Å². The van der Waals surface area contributed by atoms with Crippen molar-refractivity contribution in [2.75, 3.05) is 26.4 Å². The maximum absolute atomic E-state index is 8.87. The molecule has 0 aromatic heterocycles. The molecule has 148 valence electrons. The van der Waals surface area contributed by atoms with Crippen molar-refractivity contribution in [1.29, 1.82) is 5.26 Å². The molecule has 1 aromatic rings. The summed E-state index contributed by atoms with van der Waals surface area (Å²) in [6, 6.07) is 9.49. The van der Waals surface area contributed by atoms with Gasteiger partial charge in [-0.05, 0) is 31.4 Å². The number of unbranched alkanes of at least 4 members (excludes halogenated alkanes) is 2. The van der Waals surface area contributed by atoms with Gasteiger partial charge in [-0.3, -0.25) is 0 Å². The van der Waals surface area contributed by atoms with E-state index in [9.17, 15) is 0 Å². The SMILES string of the molecule is CCCCCC1COC(CCC2COC(c3ccc(C#N)cc3)OC2)OC1. The molecule has 0 N–H and O–H groups in total. The van der Waals surface area contributed by atoms with Crippen LogP contribution in [-0.4, -0.2) is 32.7 Å². The molecule has 5 heteroatoms. The summed E-state index contributed by atoms with van der Waals surface area (Å²) in [4.78, 5) is 0. The fourth-order valence-electron chi connectivity index (χ4n) is 3.59. The van der Waals surface area contributed by atoms with Crippen LogP contribution in [0.15, 0.2) is 24.3 Å². The monoisotopic (exact) mass is 373 g/mol. The van der Waals surface area contributed by atoms with E-state index in [4.69, 9.17) is 24.2 Å². The highest BCUT2D eigenvalue weighted by atomic mass is 16.7. The molecule has 0 bridgehead atoms. The fourth-order valence-corrected chi connectivity index (χ4v) is 3.59. The number of rotatable bonds is 8. The Labute approximate surface area is 162 Å². The Bertz CT molecular complexity index is 581. The van der Waals surface area contributed by atoms with E-state index >= 15 is 0 Å². The van der Waals surface area contributed by atoms with Crippen LogP contribution < -0.4 is 0 Å². The van der Waals surface area contributed by atoms with E-state index in [-0.39, 0.29) is 12.6 Å². The van der Waals surface area contributed by atoms with Gasteiger partial charge in [0.2, 0.25) is 0 Å². The van der Waals surface area contributed by atoms with Crippen LogP contribution in [0.5, 0.6) is 0 Å². The zero-order valence-corrected chi connectivity index (χ0v) is 16.3. The molecule has 5 nitrogen and oxygen atoms in total. The molecule has 0 radical (unpaired) electrons. The van der Waals surface area contributed by atoms with Gasteiger partial charge in [0.05, 0.1) is 38.1 Å². The lowest BCUT2D eigenvalue weighted by Gasteiger charge is -2.32. The van der Waals surface area contributed by atoms with Crippen LogP contribution in [0, 0.1) is 23.2 Å². The number of ether oxygens (including phenoxy) is 4. The van der Waals surface area contributed by atoms with Gasteiger partial charge in [-0.1, -0.05) is 38.3 Å². The Morgan fingerprint density at radius 3 is 2.11 bits per heavy atom. The minimum Gasteiger partial charge on any atom is -0.352 e. The number of nitriles is 1. The second kappa shape index (κ2) is 10.8. The first-order valence-electron chi connectivity index (χ1n) is 10.2. The lowest BCUT2D eigenvalue weighted by Crippen LogP contribution is -2.33. The fraction of sp³-hybridized carbons (Fsp3) is 0.682. The minimum absolute atomic E-state index is 0.0799. The molecule has 1 aromatic carbocycles. The quantitative estimate of drug-likeness (QED) is 0.625. The van der Waals surface area contributed by atoms with Gasteiger partial charge in [0, 0.05) is 17.4 Å². The zero-order chi connectivity index (χ0) is 18.9. The van der Waals surface area contributed by atoms with Gasteiger partial charge in [0.25, 0.3) is 0 Å². The van der Waals surface area contributed by atoms with Crippen LogP contribution in [0.1, 0.15) is 62.9 Å². The number of hydrogen-bond acceptors (Lipinski definition) is 5. The molecular weight excluding hydrogens is 342 g/mol. The highest BCUT2D eigenvalue weighted by Crippen LogP contribution is 2.28. The largest absolute Gasteiger partial charge is 0.352 e. The Hall–Kier alpha value is -1.45. The number of hydrogen-bond donors (Lipinski definition) is 0. The lowest BCUT2D eigenvalue weighted by atomic mass is 10.0. The Kier molecular flexibility index (Phi) is 8.10. The second-order valence-electron chi connectivity index (χ2n) is 7.63. The molecule has 0 saturated carbocycles. The van der Waals surface area contributed by atoms with Crippen molar-refractivity contribution in [3.05, 3.63) is 35.4 Å². The molecule has 0 spiro atoms. The summed E-state index contributed by atoms with van der Waals surface area (Å²) >= 11 is 0. The summed E-state index contributed by atoms with van der Waals surface area (Å²) < 4.78 is 23.5. The van der Waals surface area contributed by atoms with Crippen LogP contribution >= 0.6 is 0 Å². The Morgan fingerprint density at radius 1 is 0.852 bits per heavy atom. The first-order valence-corrected chi connectivity index (χ1v) is 10.2. The molecule has 27 heavy (non-hydrogen) atoms. The molecule has 2 aliphatic heterocycles. The van der Waals surface area contributed by atoms with Crippen molar-refractivity contribution in [2.24, 2.45) is 11.8 Å². The van der Waals surface area contributed by atoms with E-state index < -0.39 is 0 Å². The lowest BCUT2D eigenvalue weighted by molar-refractivity contribution is -0.220. The van der Waals surface area contributed by atoms with E-state index in [0.717, 1.165) is 31.6 Å². The van der Waals surface area contributed by atoms with E-state index in [0.29, 0.717) is 30.6 Å². The highest BCUT2D eigenvalue weighted by Gasteiger charge is 2.26. The van der Waals surface area contributed by atoms with Gasteiger partial charge >= 0.3 is 0 Å². The van der Waals surface area contributed by atoms with E-state index in [2.05, 4.69) is 13.0 Å². The minimum atomic E-state index is -0.333. The van der Waals surface area contributed by atoms with Crippen molar-refractivity contribution >= 4 is 0 Å². The highest BCUT2D eigenvalue weighted by molar-refractivity contribution is 5.32. The van der Waals surface area contributed by atoms with Gasteiger partial charge in [0.1, 0.15) is 0 Å². The third-order valence-electron chi connectivity index (χ3n) is 5.34. The normalized spacial score (nSPS) is 28.6. The topological polar surface area (TPSA) is 60.7 Å². The molecule has 2 aliphatic rings. The van der Waals surface area contributed by atoms with E-state index in [1.54, 1.807) is 12.1 Å². The van der Waals surface area contributed by atoms with Crippen LogP contribution in [0.2, 0.25) is 0 Å². The van der Waals surface area contributed by atoms with Crippen molar-refractivity contribution in [1.82, 2.24) is 0 Å². The maximum Gasteiger partial charge on any atom is 0.183 e. The van der Waals surface area contributed by atoms with Crippen molar-refractivity contribution in [3.8, 4) is 6.07 Å². The average Bonchev–Trinajstić information content (AvgIpc) is 2.74. The van der Waals surface area contributed by atoms with Crippen LogP contribution in [0.4, 0.5) is 0 Å². The second-order valence-corrected chi connectivity index (χ2v) is 7.63. The van der Waals surface area contributed by atoms with Crippen molar-refractivity contribution in [3.63, 3.8) is 0 Å². The molecule has 2 heterocycles. The van der Waals surface area contributed by atoms with E-state index in [1.165, 1.54) is 25.7 Å². The summed E-state index contributed by atoms with van der Waals surface area (Å²) in [7, 11) is 0. The summed E-state index contributed by atoms with van der Waals surface area (Å²) in [5.41, 5.74) is 1.60. The molecule has 3 rings (SSSR count). The van der Waals surface area contributed by atoms with Gasteiger partial charge < -0.3 is 18.9 Å². The predicted molar refractivity (Wildman–Crippen MR) is 102 cm³/mol. The number of benzene rings is 1.